The van der Waals surface area contributed by atoms with Gasteiger partial charge < -0.3 is 19.2 Å². The lowest BCUT2D eigenvalue weighted by atomic mass is 10.1. The third-order valence-electron chi connectivity index (χ3n) is 4.88. The van der Waals surface area contributed by atoms with Crippen LogP contribution in [0, 0.1) is 0 Å². The minimum Gasteiger partial charge on any atom is -0.493 e. The zero-order valence-corrected chi connectivity index (χ0v) is 16.8. The van der Waals surface area contributed by atoms with Gasteiger partial charge in [0.05, 0.1) is 25.0 Å². The van der Waals surface area contributed by atoms with Crippen LogP contribution in [0.15, 0.2) is 83.5 Å². The summed E-state index contributed by atoms with van der Waals surface area (Å²) in [6, 6.07) is 21.9. The molecule has 0 amide bonds. The number of H-pyrrole nitrogens is 1. The molecule has 2 aromatic heterocycles. The molecule has 31 heavy (non-hydrogen) atoms. The molecule has 0 bridgehead atoms. The van der Waals surface area contributed by atoms with E-state index < -0.39 is 0 Å². The van der Waals surface area contributed by atoms with Crippen molar-refractivity contribution >= 4 is 22.6 Å². The number of anilines is 2. The predicted molar refractivity (Wildman–Crippen MR) is 119 cm³/mol. The van der Waals surface area contributed by atoms with Gasteiger partial charge in [0.25, 0.3) is 6.01 Å². The van der Waals surface area contributed by atoms with Crippen molar-refractivity contribution in [1.29, 1.82) is 0 Å². The van der Waals surface area contributed by atoms with Gasteiger partial charge in [-0.05, 0) is 42.0 Å². The summed E-state index contributed by atoms with van der Waals surface area (Å²) in [5.74, 6) is 1.92. The number of nitrogens with zero attached hydrogens (tertiary/aromatic N) is 2. The van der Waals surface area contributed by atoms with Crippen LogP contribution in [-0.2, 0) is 6.61 Å². The highest BCUT2D eigenvalue weighted by molar-refractivity contribution is 5.82. The topological polar surface area (TPSA) is 85.2 Å². The molecular weight excluding hydrogens is 392 g/mol. The van der Waals surface area contributed by atoms with Crippen LogP contribution in [-0.4, -0.2) is 22.3 Å². The molecule has 7 nitrogen and oxygen atoms in total. The first-order chi connectivity index (χ1) is 15.3. The lowest BCUT2D eigenvalue weighted by Crippen LogP contribution is -1.97. The van der Waals surface area contributed by atoms with Gasteiger partial charge in [-0.2, -0.15) is 5.10 Å². The quantitative estimate of drug-likeness (QED) is 0.365. The highest BCUT2D eigenvalue weighted by atomic mass is 16.5. The first-order valence-corrected chi connectivity index (χ1v) is 9.79. The van der Waals surface area contributed by atoms with Crippen molar-refractivity contribution in [3.8, 4) is 22.8 Å². The fraction of sp³-hybridized carbons (Fsp3) is 0.0833. The maximum atomic E-state index is 6.00. The normalized spacial score (nSPS) is 10.9. The first-order valence-electron chi connectivity index (χ1n) is 9.79. The standard InChI is InChI=1S/C24H20N4O3/c1-29-21-10-7-17(12-22(21)30-15-16-5-3-2-4-6-16)23-14-25-24(31-23)27-19-8-9-20-18(11-19)13-26-28-20/h2-14H,15H2,1H3,(H,25,27)(H,26,28). The van der Waals surface area contributed by atoms with E-state index in [0.717, 1.165) is 27.7 Å². The summed E-state index contributed by atoms with van der Waals surface area (Å²) in [4.78, 5) is 4.35. The van der Waals surface area contributed by atoms with Crippen LogP contribution in [0.1, 0.15) is 5.56 Å². The van der Waals surface area contributed by atoms with Crippen LogP contribution >= 0.6 is 0 Å². The molecule has 2 N–H and O–H groups in total. The van der Waals surface area contributed by atoms with Crippen molar-refractivity contribution in [1.82, 2.24) is 15.2 Å². The Balaban J connectivity index is 1.35. The molecule has 154 valence electrons. The average molecular weight is 412 g/mol. The molecule has 0 fully saturated rings. The molecule has 5 aromatic rings. The Hall–Kier alpha value is -4.26. The van der Waals surface area contributed by atoms with Crippen LogP contribution in [0.5, 0.6) is 11.5 Å². The van der Waals surface area contributed by atoms with E-state index in [2.05, 4.69) is 20.5 Å². The van der Waals surface area contributed by atoms with E-state index in [1.54, 1.807) is 19.5 Å². The molecule has 0 aliphatic rings. The number of ether oxygens (including phenoxy) is 2. The van der Waals surface area contributed by atoms with E-state index in [1.165, 1.54) is 0 Å². The minimum absolute atomic E-state index is 0.403. The third kappa shape index (κ3) is 4.06. The maximum Gasteiger partial charge on any atom is 0.299 e. The molecular formula is C24H20N4O3. The van der Waals surface area contributed by atoms with Crippen LogP contribution < -0.4 is 14.8 Å². The van der Waals surface area contributed by atoms with Crippen LogP contribution in [0.25, 0.3) is 22.2 Å². The Morgan fingerprint density at radius 3 is 2.74 bits per heavy atom. The summed E-state index contributed by atoms with van der Waals surface area (Å²) in [6.07, 6.45) is 3.46. The van der Waals surface area contributed by atoms with E-state index in [0.29, 0.717) is 29.9 Å². The largest absolute Gasteiger partial charge is 0.493 e. The Labute approximate surface area is 178 Å². The molecule has 0 unspecified atom stereocenters. The number of aromatic nitrogens is 3. The lowest BCUT2D eigenvalue weighted by Gasteiger charge is -2.12. The van der Waals surface area contributed by atoms with Crippen molar-refractivity contribution in [3.05, 3.63) is 84.7 Å². The number of rotatable bonds is 7. The van der Waals surface area contributed by atoms with Crippen LogP contribution in [0.3, 0.4) is 0 Å². The van der Waals surface area contributed by atoms with Crippen LogP contribution in [0.4, 0.5) is 11.7 Å². The second-order valence-corrected chi connectivity index (χ2v) is 6.97. The Kier molecular flexibility index (Phi) is 4.98. The number of aromatic amines is 1. The number of methoxy groups -OCH3 is 1. The van der Waals surface area contributed by atoms with E-state index in [9.17, 15) is 0 Å². The van der Waals surface area contributed by atoms with Crippen molar-refractivity contribution in [2.45, 2.75) is 6.61 Å². The summed E-state index contributed by atoms with van der Waals surface area (Å²) < 4.78 is 17.4. The number of nitrogens with one attached hydrogen (secondary N) is 2. The fourth-order valence-corrected chi connectivity index (χ4v) is 3.29. The Morgan fingerprint density at radius 2 is 1.87 bits per heavy atom. The van der Waals surface area contributed by atoms with Gasteiger partial charge in [-0.3, -0.25) is 5.10 Å². The molecule has 5 rings (SSSR count). The van der Waals surface area contributed by atoms with Gasteiger partial charge in [0.2, 0.25) is 0 Å². The van der Waals surface area contributed by atoms with Crippen LogP contribution in [0.2, 0.25) is 0 Å². The number of hydrogen-bond donors (Lipinski definition) is 2. The van der Waals surface area contributed by atoms with Crippen molar-refractivity contribution in [2.24, 2.45) is 0 Å². The summed E-state index contributed by atoms with van der Waals surface area (Å²) in [6.45, 7) is 0.445. The second-order valence-electron chi connectivity index (χ2n) is 6.97. The van der Waals surface area contributed by atoms with Gasteiger partial charge in [0, 0.05) is 16.6 Å². The van der Waals surface area contributed by atoms with E-state index in [-0.39, 0.29) is 0 Å². The van der Waals surface area contributed by atoms with Gasteiger partial charge in [-0.15, -0.1) is 0 Å². The maximum absolute atomic E-state index is 6.00. The van der Waals surface area contributed by atoms with Crippen molar-refractivity contribution in [3.63, 3.8) is 0 Å². The SMILES string of the molecule is COc1ccc(-c2cnc(Nc3ccc4[nH]ncc4c3)o2)cc1OCc1ccccc1. The molecule has 0 spiro atoms. The van der Waals surface area contributed by atoms with Crippen molar-refractivity contribution in [2.75, 3.05) is 12.4 Å². The predicted octanol–water partition coefficient (Wildman–Crippen LogP) is 5.55. The van der Waals surface area contributed by atoms with Gasteiger partial charge in [-0.1, -0.05) is 30.3 Å². The highest BCUT2D eigenvalue weighted by Gasteiger charge is 2.12. The van der Waals surface area contributed by atoms with E-state index in [1.807, 2.05) is 66.7 Å². The van der Waals surface area contributed by atoms with E-state index in [4.69, 9.17) is 13.9 Å². The summed E-state index contributed by atoms with van der Waals surface area (Å²) >= 11 is 0. The first kappa shape index (κ1) is 18.7. The van der Waals surface area contributed by atoms with Gasteiger partial charge >= 0.3 is 0 Å². The lowest BCUT2D eigenvalue weighted by molar-refractivity contribution is 0.284. The minimum atomic E-state index is 0.403. The zero-order chi connectivity index (χ0) is 21.0. The summed E-state index contributed by atoms with van der Waals surface area (Å²) in [5, 5.41) is 11.2. The summed E-state index contributed by atoms with van der Waals surface area (Å²) in [5.41, 5.74) is 3.76. The van der Waals surface area contributed by atoms with E-state index >= 15 is 0 Å². The Morgan fingerprint density at radius 1 is 0.968 bits per heavy atom. The number of hydrogen-bond acceptors (Lipinski definition) is 6. The molecule has 2 heterocycles. The molecule has 0 atom stereocenters. The molecule has 0 aliphatic heterocycles. The smallest absolute Gasteiger partial charge is 0.299 e. The second kappa shape index (κ2) is 8.23. The third-order valence-corrected chi connectivity index (χ3v) is 4.88. The molecule has 0 saturated heterocycles. The monoisotopic (exact) mass is 412 g/mol. The molecule has 0 aliphatic carbocycles. The van der Waals surface area contributed by atoms with Gasteiger partial charge in [0.15, 0.2) is 17.3 Å². The number of benzene rings is 3. The van der Waals surface area contributed by atoms with Crippen molar-refractivity contribution < 1.29 is 13.9 Å². The molecule has 3 aromatic carbocycles. The number of oxazole rings is 1. The highest BCUT2D eigenvalue weighted by Crippen LogP contribution is 2.34. The average Bonchev–Trinajstić information content (AvgIpc) is 3.47. The Bertz CT molecular complexity index is 1310. The van der Waals surface area contributed by atoms with Gasteiger partial charge in [-0.25, -0.2) is 4.98 Å². The molecule has 0 radical (unpaired) electrons. The summed E-state index contributed by atoms with van der Waals surface area (Å²) in [7, 11) is 1.62. The van der Waals surface area contributed by atoms with Gasteiger partial charge in [0.1, 0.15) is 6.61 Å². The zero-order valence-electron chi connectivity index (χ0n) is 16.8. The fourth-order valence-electron chi connectivity index (χ4n) is 3.29. The molecule has 0 saturated carbocycles. The molecule has 7 heteroatoms. The number of fused-ring (bicyclic) bond motifs is 1.